The molecule has 0 heterocycles. The van der Waals surface area contributed by atoms with Crippen LogP contribution in [0.4, 0.5) is 0 Å². The molecule has 0 aromatic heterocycles. The van der Waals surface area contributed by atoms with Crippen molar-refractivity contribution in [2.45, 2.75) is 0 Å². The molecule has 4 N–H and O–H groups in total. The van der Waals surface area contributed by atoms with Crippen LogP contribution in [0.1, 0.15) is 0 Å². The molecule has 0 atom stereocenters. The van der Waals surface area contributed by atoms with Gasteiger partial charge in [0.25, 0.3) is 0 Å². The van der Waals surface area contributed by atoms with E-state index in [0.29, 0.717) is 0 Å². The summed E-state index contributed by atoms with van der Waals surface area (Å²) >= 11 is 15.9. The minimum Gasteiger partial charge on any atom is -0.389 e. The average molecular weight is 187 g/mol. The van der Waals surface area contributed by atoms with E-state index in [1.54, 1.807) is 0 Å². The minimum atomic E-state index is -0.0275. The van der Waals surface area contributed by atoms with Gasteiger partial charge in [0.05, 0.1) is 5.03 Å². The molecule has 5 heteroatoms. The Labute approximate surface area is 68.0 Å². The van der Waals surface area contributed by atoms with Crippen LogP contribution in [0.5, 0.6) is 0 Å². The van der Waals surface area contributed by atoms with E-state index in [-0.39, 0.29) is 15.3 Å². The fraction of sp³-hybridized carbons (Fsp3) is 0. The standard InChI is InChI=1S/C4H5Cl3N2/c5-2(4(7)9)1-3(6)8/h1H,8-9H2/b3-1-,4-2+. The number of nitrogens with two attached hydrogens (primary N) is 2. The zero-order valence-electron chi connectivity index (χ0n) is 4.37. The highest BCUT2D eigenvalue weighted by molar-refractivity contribution is 6.40. The first-order chi connectivity index (χ1) is 4.04. The fourth-order valence-electron chi connectivity index (χ4n) is 0.190. The smallest absolute Gasteiger partial charge is 0.118 e. The number of hydrogen-bond donors (Lipinski definition) is 2. The van der Waals surface area contributed by atoms with Crippen molar-refractivity contribution in [3.8, 4) is 0 Å². The largest absolute Gasteiger partial charge is 0.389 e. The summed E-state index contributed by atoms with van der Waals surface area (Å²) < 4.78 is 0. The third kappa shape index (κ3) is 4.45. The summed E-state index contributed by atoms with van der Waals surface area (Å²) in [6.07, 6.45) is 1.26. The van der Waals surface area contributed by atoms with Gasteiger partial charge >= 0.3 is 0 Å². The second kappa shape index (κ2) is 3.88. The Bertz CT molecular complexity index is 153. The van der Waals surface area contributed by atoms with Crippen LogP contribution in [0.3, 0.4) is 0 Å². The fourth-order valence-corrected chi connectivity index (χ4v) is 0.527. The molecule has 52 valence electrons. The molecule has 0 rings (SSSR count). The van der Waals surface area contributed by atoms with E-state index in [1.165, 1.54) is 6.08 Å². The summed E-state index contributed by atoms with van der Waals surface area (Å²) in [5.74, 6) is 0. The molecule has 0 radical (unpaired) electrons. The summed E-state index contributed by atoms with van der Waals surface area (Å²) in [6.45, 7) is 0. The molecule has 0 aliphatic heterocycles. The topological polar surface area (TPSA) is 52.0 Å². The maximum Gasteiger partial charge on any atom is 0.118 e. The van der Waals surface area contributed by atoms with E-state index in [0.717, 1.165) is 0 Å². The van der Waals surface area contributed by atoms with Crippen LogP contribution in [-0.4, -0.2) is 0 Å². The molecule has 0 aromatic rings. The molecular formula is C4H5Cl3N2. The van der Waals surface area contributed by atoms with Gasteiger partial charge in [-0.25, -0.2) is 0 Å². The first-order valence-electron chi connectivity index (χ1n) is 1.97. The molecule has 0 unspecified atom stereocenters. The highest BCUT2D eigenvalue weighted by Gasteiger charge is 1.92. The summed E-state index contributed by atoms with van der Waals surface area (Å²) in [5.41, 5.74) is 10.1. The number of allylic oxidation sites excluding steroid dienone is 2. The molecule has 0 fully saturated rings. The van der Waals surface area contributed by atoms with E-state index in [1.807, 2.05) is 0 Å². The van der Waals surface area contributed by atoms with Crippen LogP contribution in [0.15, 0.2) is 21.4 Å². The second-order valence-corrected chi connectivity index (χ2v) is 2.48. The lowest BCUT2D eigenvalue weighted by atomic mass is 10.5. The molecule has 2 nitrogen and oxygen atoms in total. The summed E-state index contributed by atoms with van der Waals surface area (Å²) in [6, 6.07) is 0. The molecule has 0 saturated heterocycles. The van der Waals surface area contributed by atoms with Crippen LogP contribution >= 0.6 is 34.8 Å². The van der Waals surface area contributed by atoms with E-state index in [9.17, 15) is 0 Å². The van der Waals surface area contributed by atoms with Gasteiger partial charge in [-0.15, -0.1) is 0 Å². The van der Waals surface area contributed by atoms with Crippen molar-refractivity contribution in [1.82, 2.24) is 0 Å². The van der Waals surface area contributed by atoms with Crippen molar-refractivity contribution in [3.05, 3.63) is 21.4 Å². The number of halogens is 3. The van der Waals surface area contributed by atoms with Crippen LogP contribution in [0.25, 0.3) is 0 Å². The van der Waals surface area contributed by atoms with E-state index < -0.39 is 0 Å². The predicted molar refractivity (Wildman–Crippen MR) is 41.0 cm³/mol. The number of hydrogen-bond acceptors (Lipinski definition) is 2. The van der Waals surface area contributed by atoms with Crippen molar-refractivity contribution >= 4 is 34.8 Å². The Hall–Kier alpha value is -0.0500. The van der Waals surface area contributed by atoms with Gasteiger partial charge in [0.15, 0.2) is 0 Å². The van der Waals surface area contributed by atoms with Gasteiger partial charge < -0.3 is 11.5 Å². The normalized spacial score (nSPS) is 15.2. The molecule has 9 heavy (non-hydrogen) atoms. The maximum atomic E-state index is 5.39. The van der Waals surface area contributed by atoms with Gasteiger partial charge in [0.1, 0.15) is 10.3 Å². The SMILES string of the molecule is N/C(Cl)=C(Cl)\C=C(/N)Cl. The quantitative estimate of drug-likeness (QED) is 0.484. The van der Waals surface area contributed by atoms with Crippen LogP contribution < -0.4 is 11.5 Å². The van der Waals surface area contributed by atoms with Crippen LogP contribution in [0, 0.1) is 0 Å². The summed E-state index contributed by atoms with van der Waals surface area (Å²) in [7, 11) is 0. The lowest BCUT2D eigenvalue weighted by Gasteiger charge is -1.89. The molecule has 0 saturated carbocycles. The Morgan fingerprint density at radius 3 is 1.67 bits per heavy atom. The molecule has 0 aromatic carbocycles. The third-order valence-electron chi connectivity index (χ3n) is 0.493. The number of rotatable bonds is 1. The lowest BCUT2D eigenvalue weighted by Crippen LogP contribution is -1.92. The van der Waals surface area contributed by atoms with Gasteiger partial charge in [0.2, 0.25) is 0 Å². The molecule has 0 bridgehead atoms. The van der Waals surface area contributed by atoms with Crippen molar-refractivity contribution in [3.63, 3.8) is 0 Å². The first-order valence-corrected chi connectivity index (χ1v) is 3.11. The monoisotopic (exact) mass is 186 g/mol. The zero-order valence-corrected chi connectivity index (χ0v) is 6.63. The Balaban J connectivity index is 4.25. The van der Waals surface area contributed by atoms with Crippen LogP contribution in [0.2, 0.25) is 0 Å². The summed E-state index contributed by atoms with van der Waals surface area (Å²) in [4.78, 5) is 0. The Morgan fingerprint density at radius 2 is 1.56 bits per heavy atom. The Morgan fingerprint density at radius 1 is 1.11 bits per heavy atom. The van der Waals surface area contributed by atoms with Crippen molar-refractivity contribution < 1.29 is 0 Å². The average Bonchev–Trinajstić information content (AvgIpc) is 1.63. The van der Waals surface area contributed by atoms with E-state index in [2.05, 4.69) is 0 Å². The zero-order chi connectivity index (χ0) is 7.44. The first kappa shape index (κ1) is 8.95. The van der Waals surface area contributed by atoms with Crippen molar-refractivity contribution in [2.24, 2.45) is 11.5 Å². The van der Waals surface area contributed by atoms with Crippen molar-refractivity contribution in [2.75, 3.05) is 0 Å². The third-order valence-corrected chi connectivity index (χ3v) is 1.21. The van der Waals surface area contributed by atoms with Crippen LogP contribution in [-0.2, 0) is 0 Å². The molecule has 0 spiro atoms. The van der Waals surface area contributed by atoms with E-state index >= 15 is 0 Å². The molecule has 0 amide bonds. The van der Waals surface area contributed by atoms with Gasteiger partial charge in [-0.1, -0.05) is 34.8 Å². The molecule has 0 aliphatic carbocycles. The minimum absolute atomic E-state index is 0.0275. The second-order valence-electron chi connectivity index (χ2n) is 1.23. The van der Waals surface area contributed by atoms with Gasteiger partial charge in [-0.2, -0.15) is 0 Å². The lowest BCUT2D eigenvalue weighted by molar-refractivity contribution is 1.47. The van der Waals surface area contributed by atoms with Crippen molar-refractivity contribution in [1.29, 1.82) is 0 Å². The summed E-state index contributed by atoms with van der Waals surface area (Å²) in [5, 5.41) is 0.160. The van der Waals surface area contributed by atoms with Gasteiger partial charge in [-0.3, -0.25) is 0 Å². The molecular weight excluding hydrogens is 182 g/mol. The predicted octanol–water partition coefficient (Wildman–Crippen LogP) is 1.63. The van der Waals surface area contributed by atoms with Gasteiger partial charge in [-0.05, 0) is 6.08 Å². The van der Waals surface area contributed by atoms with E-state index in [4.69, 9.17) is 46.3 Å². The van der Waals surface area contributed by atoms with Gasteiger partial charge in [0, 0.05) is 0 Å². The highest BCUT2D eigenvalue weighted by atomic mass is 35.5. The molecule has 0 aliphatic rings. The maximum absolute atomic E-state index is 5.39. The highest BCUT2D eigenvalue weighted by Crippen LogP contribution is 2.11. The Kier molecular flexibility index (Phi) is 3.86.